The minimum absolute atomic E-state index is 0.0153. The van der Waals surface area contributed by atoms with Crippen molar-refractivity contribution >= 4 is 28.9 Å². The summed E-state index contributed by atoms with van der Waals surface area (Å²) >= 11 is 11.8. The smallest absolute Gasteiger partial charge is 0.263 e. The molecule has 2 aromatic carbocycles. The van der Waals surface area contributed by atoms with Crippen molar-refractivity contribution in [3.63, 3.8) is 0 Å². The molecule has 0 aromatic heterocycles. The summed E-state index contributed by atoms with van der Waals surface area (Å²) in [6.45, 7) is 0.419. The Morgan fingerprint density at radius 1 is 1.05 bits per heavy atom. The minimum Gasteiger partial charge on any atom is -0.380 e. The second-order valence-corrected chi connectivity index (χ2v) is 4.87. The highest BCUT2D eigenvalue weighted by Crippen LogP contribution is 2.26. The molecule has 0 radical (unpaired) electrons. The number of hydrogen-bond acceptors (Lipinski definition) is 1. The van der Waals surface area contributed by atoms with Gasteiger partial charge >= 0.3 is 0 Å². The Hall–Kier alpha value is -1.32. The number of alkyl halides is 2. The van der Waals surface area contributed by atoms with Gasteiger partial charge in [-0.3, -0.25) is 0 Å². The molecule has 0 heterocycles. The Morgan fingerprint density at radius 2 is 1.84 bits per heavy atom. The van der Waals surface area contributed by atoms with Crippen molar-refractivity contribution in [3.8, 4) is 0 Å². The van der Waals surface area contributed by atoms with Crippen molar-refractivity contribution in [1.82, 2.24) is 0 Å². The SMILES string of the molecule is FC(F)c1cccc(CNc2ccc(Cl)cc2Cl)c1. The molecular formula is C14H11Cl2F2N. The molecule has 0 atom stereocenters. The molecule has 0 unspecified atom stereocenters. The van der Waals surface area contributed by atoms with Gasteiger partial charge in [0.05, 0.1) is 10.7 Å². The van der Waals surface area contributed by atoms with Gasteiger partial charge < -0.3 is 5.32 Å². The summed E-state index contributed by atoms with van der Waals surface area (Å²) in [6, 6.07) is 11.4. The van der Waals surface area contributed by atoms with E-state index in [-0.39, 0.29) is 5.56 Å². The largest absolute Gasteiger partial charge is 0.380 e. The van der Waals surface area contributed by atoms with Crippen LogP contribution in [0, 0.1) is 0 Å². The summed E-state index contributed by atoms with van der Waals surface area (Å²) in [7, 11) is 0. The lowest BCUT2D eigenvalue weighted by Crippen LogP contribution is -2.00. The normalized spacial score (nSPS) is 10.8. The van der Waals surface area contributed by atoms with E-state index in [4.69, 9.17) is 23.2 Å². The zero-order valence-electron chi connectivity index (χ0n) is 9.84. The first-order valence-electron chi connectivity index (χ1n) is 5.62. The number of hydrogen-bond donors (Lipinski definition) is 1. The van der Waals surface area contributed by atoms with Crippen molar-refractivity contribution in [2.45, 2.75) is 13.0 Å². The van der Waals surface area contributed by atoms with E-state index in [1.807, 2.05) is 0 Å². The number of benzene rings is 2. The van der Waals surface area contributed by atoms with E-state index in [1.54, 1.807) is 30.3 Å². The molecule has 0 bridgehead atoms. The molecule has 0 spiro atoms. The predicted molar refractivity (Wildman–Crippen MR) is 75.2 cm³/mol. The third-order valence-corrected chi connectivity index (χ3v) is 3.16. The quantitative estimate of drug-likeness (QED) is 0.781. The minimum atomic E-state index is -2.46. The number of nitrogens with one attached hydrogen (secondary N) is 1. The standard InChI is InChI=1S/C14H11Cl2F2N/c15-11-4-5-13(12(16)7-11)19-8-9-2-1-3-10(6-9)14(17)18/h1-7,14,19H,8H2. The van der Waals surface area contributed by atoms with Crippen molar-refractivity contribution in [3.05, 3.63) is 63.6 Å². The summed E-state index contributed by atoms with van der Waals surface area (Å²) in [5.74, 6) is 0. The van der Waals surface area contributed by atoms with Gasteiger partial charge in [0.1, 0.15) is 0 Å². The fraction of sp³-hybridized carbons (Fsp3) is 0.143. The first kappa shape index (κ1) is 14.1. The molecule has 0 saturated carbocycles. The highest BCUT2D eigenvalue weighted by Gasteiger charge is 2.07. The fourth-order valence-corrected chi connectivity index (χ4v) is 2.14. The van der Waals surface area contributed by atoms with Crippen molar-refractivity contribution < 1.29 is 8.78 Å². The molecule has 0 saturated heterocycles. The Kier molecular flexibility index (Phi) is 4.61. The second kappa shape index (κ2) is 6.22. The molecule has 5 heteroatoms. The number of rotatable bonds is 4. The van der Waals surface area contributed by atoms with Gasteiger partial charge in [0, 0.05) is 17.1 Å². The van der Waals surface area contributed by atoms with Crippen LogP contribution in [0.3, 0.4) is 0 Å². The van der Waals surface area contributed by atoms with Crippen molar-refractivity contribution in [2.75, 3.05) is 5.32 Å². The highest BCUT2D eigenvalue weighted by molar-refractivity contribution is 6.36. The molecular weight excluding hydrogens is 291 g/mol. The summed E-state index contributed by atoms with van der Waals surface area (Å²) in [5.41, 5.74) is 1.50. The van der Waals surface area contributed by atoms with Gasteiger partial charge in [0.2, 0.25) is 0 Å². The zero-order chi connectivity index (χ0) is 13.8. The summed E-state index contributed by atoms with van der Waals surface area (Å²) in [6.07, 6.45) is -2.46. The van der Waals surface area contributed by atoms with E-state index in [9.17, 15) is 8.78 Å². The van der Waals surface area contributed by atoms with Crippen LogP contribution in [-0.4, -0.2) is 0 Å². The van der Waals surface area contributed by atoms with Crippen LogP contribution in [0.25, 0.3) is 0 Å². The van der Waals surface area contributed by atoms with Crippen LogP contribution >= 0.6 is 23.2 Å². The zero-order valence-corrected chi connectivity index (χ0v) is 11.3. The molecule has 0 aliphatic rings. The monoisotopic (exact) mass is 301 g/mol. The van der Waals surface area contributed by atoms with Gasteiger partial charge in [-0.1, -0.05) is 41.4 Å². The summed E-state index contributed by atoms with van der Waals surface area (Å²) < 4.78 is 25.1. The van der Waals surface area contributed by atoms with Crippen LogP contribution in [0.4, 0.5) is 14.5 Å². The van der Waals surface area contributed by atoms with E-state index < -0.39 is 6.43 Å². The van der Waals surface area contributed by atoms with Crippen molar-refractivity contribution in [2.24, 2.45) is 0 Å². The third kappa shape index (κ3) is 3.82. The van der Waals surface area contributed by atoms with E-state index in [0.717, 1.165) is 5.56 Å². The van der Waals surface area contributed by atoms with Gasteiger partial charge in [0.25, 0.3) is 6.43 Å². The average molecular weight is 302 g/mol. The van der Waals surface area contributed by atoms with Gasteiger partial charge in [-0.2, -0.15) is 0 Å². The average Bonchev–Trinajstić information content (AvgIpc) is 2.38. The van der Waals surface area contributed by atoms with E-state index >= 15 is 0 Å². The van der Waals surface area contributed by atoms with Gasteiger partial charge in [-0.25, -0.2) is 8.78 Å². The van der Waals surface area contributed by atoms with E-state index in [1.165, 1.54) is 12.1 Å². The van der Waals surface area contributed by atoms with Crippen LogP contribution in [0.1, 0.15) is 17.6 Å². The third-order valence-electron chi connectivity index (χ3n) is 2.62. The van der Waals surface area contributed by atoms with E-state index in [2.05, 4.69) is 5.32 Å². The first-order chi connectivity index (χ1) is 9.06. The van der Waals surface area contributed by atoms with Crippen LogP contribution in [-0.2, 0) is 6.54 Å². The van der Waals surface area contributed by atoms with Gasteiger partial charge in [-0.05, 0) is 29.8 Å². The van der Waals surface area contributed by atoms with Gasteiger partial charge in [-0.15, -0.1) is 0 Å². The topological polar surface area (TPSA) is 12.0 Å². The highest BCUT2D eigenvalue weighted by atomic mass is 35.5. The van der Waals surface area contributed by atoms with Gasteiger partial charge in [0.15, 0.2) is 0 Å². The molecule has 2 rings (SSSR count). The molecule has 0 amide bonds. The van der Waals surface area contributed by atoms with Crippen LogP contribution in [0.5, 0.6) is 0 Å². The molecule has 1 N–H and O–H groups in total. The molecule has 0 aliphatic heterocycles. The molecule has 1 nitrogen and oxygen atoms in total. The molecule has 100 valence electrons. The van der Waals surface area contributed by atoms with Crippen LogP contribution in [0.2, 0.25) is 10.0 Å². The molecule has 19 heavy (non-hydrogen) atoms. The number of anilines is 1. The fourth-order valence-electron chi connectivity index (χ4n) is 1.67. The lowest BCUT2D eigenvalue weighted by atomic mass is 10.1. The number of halogens is 4. The summed E-state index contributed by atoms with van der Waals surface area (Å²) in [5, 5.41) is 4.14. The van der Waals surface area contributed by atoms with Crippen LogP contribution < -0.4 is 5.32 Å². The maximum Gasteiger partial charge on any atom is 0.263 e. The Labute approximate surface area is 120 Å². The molecule has 0 fully saturated rings. The second-order valence-electron chi connectivity index (χ2n) is 4.02. The Bertz CT molecular complexity index is 573. The first-order valence-corrected chi connectivity index (χ1v) is 6.38. The lowest BCUT2D eigenvalue weighted by Gasteiger charge is -2.09. The van der Waals surface area contributed by atoms with E-state index in [0.29, 0.717) is 22.3 Å². The Morgan fingerprint density at radius 3 is 2.53 bits per heavy atom. The molecule has 0 aliphatic carbocycles. The maximum atomic E-state index is 12.6. The predicted octanol–water partition coefficient (Wildman–Crippen LogP) is 5.54. The lowest BCUT2D eigenvalue weighted by molar-refractivity contribution is 0.151. The molecule has 2 aromatic rings. The summed E-state index contributed by atoms with van der Waals surface area (Å²) in [4.78, 5) is 0. The maximum absolute atomic E-state index is 12.6. The van der Waals surface area contributed by atoms with Crippen LogP contribution in [0.15, 0.2) is 42.5 Å². The Balaban J connectivity index is 2.08. The van der Waals surface area contributed by atoms with Crippen molar-refractivity contribution in [1.29, 1.82) is 0 Å².